The lowest BCUT2D eigenvalue weighted by molar-refractivity contribution is -0.115. The van der Waals surface area contributed by atoms with Gasteiger partial charge in [0.1, 0.15) is 10.8 Å². The number of nitrogens with one attached hydrogen (secondary N) is 2. The zero-order valence-electron chi connectivity index (χ0n) is 15.5. The number of aromatic nitrogens is 3. The maximum absolute atomic E-state index is 13.5. The molecule has 142 valence electrons. The molecule has 0 aliphatic heterocycles. The third-order valence-corrected chi connectivity index (χ3v) is 5.94. The van der Waals surface area contributed by atoms with E-state index in [1.807, 2.05) is 18.2 Å². The molecule has 0 saturated carbocycles. The average molecular weight is 394 g/mol. The topological polar surface area (TPSA) is 70.7 Å². The predicted octanol–water partition coefficient (Wildman–Crippen LogP) is 4.67. The molecule has 0 bridgehead atoms. The highest BCUT2D eigenvalue weighted by atomic mass is 32.1. The molecule has 0 saturated heterocycles. The van der Waals surface area contributed by atoms with Crippen molar-refractivity contribution in [2.75, 3.05) is 5.32 Å². The van der Waals surface area contributed by atoms with E-state index in [-0.39, 0.29) is 23.6 Å². The maximum atomic E-state index is 13.5. The molecule has 2 heterocycles. The van der Waals surface area contributed by atoms with Crippen molar-refractivity contribution in [3.8, 4) is 0 Å². The Morgan fingerprint density at radius 1 is 1.18 bits per heavy atom. The number of carbonyl (C=O) groups is 1. The van der Waals surface area contributed by atoms with Crippen LogP contribution in [0.5, 0.6) is 0 Å². The second-order valence-corrected chi connectivity index (χ2v) is 8.11. The lowest BCUT2D eigenvalue weighted by Gasteiger charge is -2.21. The molecule has 0 spiro atoms. The van der Waals surface area contributed by atoms with Gasteiger partial charge >= 0.3 is 0 Å². The van der Waals surface area contributed by atoms with Crippen LogP contribution in [0.2, 0.25) is 0 Å². The average Bonchev–Trinajstić information content (AvgIpc) is 3.30. The number of nitrogens with zero attached hydrogens (tertiary/aromatic N) is 2. The van der Waals surface area contributed by atoms with Crippen molar-refractivity contribution in [1.82, 2.24) is 15.2 Å². The number of anilines is 1. The Morgan fingerprint density at radius 2 is 1.96 bits per heavy atom. The second kappa shape index (κ2) is 7.16. The number of benzene rings is 2. The summed E-state index contributed by atoms with van der Waals surface area (Å²) in [4.78, 5) is 15.5. The van der Waals surface area contributed by atoms with Gasteiger partial charge in [0, 0.05) is 22.5 Å². The molecule has 0 aliphatic rings. The first-order valence-corrected chi connectivity index (χ1v) is 9.70. The van der Waals surface area contributed by atoms with E-state index in [1.165, 1.54) is 23.5 Å². The van der Waals surface area contributed by atoms with E-state index in [1.54, 1.807) is 12.3 Å². The molecule has 7 heteroatoms. The van der Waals surface area contributed by atoms with Crippen LogP contribution in [0.4, 0.5) is 9.52 Å². The SMILES string of the molecule is CC(C)(c1ccccc1)c1nnc(NC(=O)Cc2c[nH]c3ccc(F)cc23)s1. The fraction of sp³-hybridized carbons (Fsp3) is 0.190. The van der Waals surface area contributed by atoms with E-state index >= 15 is 0 Å². The summed E-state index contributed by atoms with van der Waals surface area (Å²) in [6.07, 6.45) is 1.86. The first-order valence-electron chi connectivity index (χ1n) is 8.88. The monoisotopic (exact) mass is 394 g/mol. The molecular weight excluding hydrogens is 375 g/mol. The van der Waals surface area contributed by atoms with E-state index < -0.39 is 0 Å². The second-order valence-electron chi connectivity index (χ2n) is 7.13. The molecule has 4 rings (SSSR count). The van der Waals surface area contributed by atoms with Crippen molar-refractivity contribution in [2.45, 2.75) is 25.7 Å². The molecule has 0 atom stereocenters. The van der Waals surface area contributed by atoms with Crippen molar-refractivity contribution in [3.63, 3.8) is 0 Å². The fourth-order valence-electron chi connectivity index (χ4n) is 3.14. The van der Waals surface area contributed by atoms with Gasteiger partial charge in [-0.3, -0.25) is 4.79 Å². The summed E-state index contributed by atoms with van der Waals surface area (Å²) < 4.78 is 13.5. The molecule has 28 heavy (non-hydrogen) atoms. The minimum absolute atomic E-state index is 0.125. The van der Waals surface area contributed by atoms with Crippen LogP contribution in [0, 0.1) is 5.82 Å². The van der Waals surface area contributed by atoms with Crippen molar-refractivity contribution < 1.29 is 9.18 Å². The van der Waals surface area contributed by atoms with Gasteiger partial charge in [-0.05, 0) is 43.2 Å². The highest BCUT2D eigenvalue weighted by Gasteiger charge is 2.27. The Bertz CT molecular complexity index is 1130. The summed E-state index contributed by atoms with van der Waals surface area (Å²) in [7, 11) is 0. The predicted molar refractivity (Wildman–Crippen MR) is 109 cm³/mol. The third-order valence-electron chi connectivity index (χ3n) is 4.78. The smallest absolute Gasteiger partial charge is 0.230 e. The van der Waals surface area contributed by atoms with Gasteiger partial charge in [-0.1, -0.05) is 41.7 Å². The highest BCUT2D eigenvalue weighted by molar-refractivity contribution is 7.15. The first-order chi connectivity index (χ1) is 13.4. The van der Waals surface area contributed by atoms with Crippen LogP contribution >= 0.6 is 11.3 Å². The minimum atomic E-state index is -0.328. The number of rotatable bonds is 5. The molecule has 2 aromatic carbocycles. The molecule has 0 radical (unpaired) electrons. The number of carbonyl (C=O) groups excluding carboxylic acids is 1. The van der Waals surface area contributed by atoms with Gasteiger partial charge < -0.3 is 10.3 Å². The maximum Gasteiger partial charge on any atom is 0.230 e. The van der Waals surface area contributed by atoms with Crippen LogP contribution in [0.3, 0.4) is 0 Å². The van der Waals surface area contributed by atoms with Gasteiger partial charge in [-0.15, -0.1) is 10.2 Å². The Labute approximate surface area is 165 Å². The number of aromatic amines is 1. The standard InChI is InChI=1S/C21H19FN4OS/c1-21(2,14-6-4-3-5-7-14)19-25-26-20(28-19)24-18(27)10-13-12-23-17-9-8-15(22)11-16(13)17/h3-9,11-12,23H,10H2,1-2H3,(H,24,26,27). The fourth-order valence-corrected chi connectivity index (χ4v) is 4.02. The van der Waals surface area contributed by atoms with E-state index in [0.29, 0.717) is 10.5 Å². The number of H-pyrrole nitrogens is 1. The van der Waals surface area contributed by atoms with Crippen LogP contribution in [0.15, 0.2) is 54.7 Å². The molecule has 0 aliphatic carbocycles. The Balaban J connectivity index is 1.49. The van der Waals surface area contributed by atoms with Crippen LogP contribution in [0.1, 0.15) is 30.0 Å². The number of halogens is 1. The quantitative estimate of drug-likeness (QED) is 0.517. The van der Waals surface area contributed by atoms with Gasteiger partial charge in [0.15, 0.2) is 0 Å². The summed E-state index contributed by atoms with van der Waals surface area (Å²) in [5.74, 6) is -0.545. The lowest BCUT2D eigenvalue weighted by atomic mass is 9.85. The van der Waals surface area contributed by atoms with E-state index in [4.69, 9.17) is 0 Å². The number of hydrogen-bond acceptors (Lipinski definition) is 4. The van der Waals surface area contributed by atoms with Crippen molar-refractivity contribution in [1.29, 1.82) is 0 Å². The van der Waals surface area contributed by atoms with Gasteiger partial charge in [-0.2, -0.15) is 0 Å². The largest absolute Gasteiger partial charge is 0.361 e. The number of amides is 1. The van der Waals surface area contributed by atoms with Gasteiger partial charge in [0.2, 0.25) is 11.0 Å². The Kier molecular flexibility index (Phi) is 4.68. The molecular formula is C21H19FN4OS. The molecule has 5 nitrogen and oxygen atoms in total. The summed E-state index contributed by atoms with van der Waals surface area (Å²) in [5.41, 5.74) is 2.36. The van der Waals surface area contributed by atoms with Gasteiger partial charge in [0.05, 0.1) is 6.42 Å². The minimum Gasteiger partial charge on any atom is -0.361 e. The summed E-state index contributed by atoms with van der Waals surface area (Å²) in [5, 5.41) is 13.2. The lowest BCUT2D eigenvalue weighted by Crippen LogP contribution is -2.18. The first kappa shape index (κ1) is 18.3. The van der Waals surface area contributed by atoms with Gasteiger partial charge in [-0.25, -0.2) is 4.39 Å². The number of hydrogen-bond donors (Lipinski definition) is 2. The van der Waals surface area contributed by atoms with Crippen LogP contribution in [-0.2, 0) is 16.6 Å². The molecule has 2 N–H and O–H groups in total. The molecule has 2 aromatic heterocycles. The zero-order valence-corrected chi connectivity index (χ0v) is 16.3. The molecule has 1 amide bonds. The summed E-state index contributed by atoms with van der Waals surface area (Å²) in [6, 6.07) is 14.5. The molecule has 0 unspecified atom stereocenters. The zero-order chi connectivity index (χ0) is 19.7. The van der Waals surface area contributed by atoms with Gasteiger partial charge in [0.25, 0.3) is 0 Å². The summed E-state index contributed by atoms with van der Waals surface area (Å²) >= 11 is 1.36. The normalized spacial score (nSPS) is 11.7. The van der Waals surface area contributed by atoms with E-state index in [0.717, 1.165) is 21.7 Å². The van der Waals surface area contributed by atoms with Crippen LogP contribution < -0.4 is 5.32 Å². The summed E-state index contributed by atoms with van der Waals surface area (Å²) in [6.45, 7) is 4.16. The van der Waals surface area contributed by atoms with Crippen molar-refractivity contribution in [2.24, 2.45) is 0 Å². The Hall–Kier alpha value is -3.06. The van der Waals surface area contributed by atoms with Crippen molar-refractivity contribution in [3.05, 3.63) is 76.7 Å². The third kappa shape index (κ3) is 3.53. The highest BCUT2D eigenvalue weighted by Crippen LogP contribution is 2.34. The van der Waals surface area contributed by atoms with Crippen LogP contribution in [-0.4, -0.2) is 21.1 Å². The number of fused-ring (bicyclic) bond motifs is 1. The van der Waals surface area contributed by atoms with E-state index in [2.05, 4.69) is 46.5 Å². The van der Waals surface area contributed by atoms with Crippen LogP contribution in [0.25, 0.3) is 10.9 Å². The van der Waals surface area contributed by atoms with E-state index in [9.17, 15) is 9.18 Å². The van der Waals surface area contributed by atoms with Crippen molar-refractivity contribution >= 4 is 33.3 Å². The molecule has 4 aromatic rings. The molecule has 0 fully saturated rings. The Morgan fingerprint density at radius 3 is 2.75 bits per heavy atom.